The summed E-state index contributed by atoms with van der Waals surface area (Å²) in [4.78, 5) is 29.4. The molecule has 0 aliphatic carbocycles. The van der Waals surface area contributed by atoms with E-state index in [9.17, 15) is 4.79 Å². The zero-order valence-electron chi connectivity index (χ0n) is 16.3. The van der Waals surface area contributed by atoms with Gasteiger partial charge in [-0.15, -0.1) is 23.1 Å². The van der Waals surface area contributed by atoms with Gasteiger partial charge < -0.3 is 9.64 Å². The number of morpholine rings is 1. The Morgan fingerprint density at radius 3 is 2.67 bits per heavy atom. The number of amides is 1. The average Bonchev–Trinajstić information content (AvgIpc) is 3.47. The number of nitrogens with zero attached hydrogens (tertiary/aromatic N) is 5. The number of hydrogen-bond donors (Lipinski definition) is 0. The second-order valence-corrected chi connectivity index (χ2v) is 8.56. The minimum Gasteiger partial charge on any atom is -0.378 e. The zero-order chi connectivity index (χ0) is 20.5. The van der Waals surface area contributed by atoms with Crippen LogP contribution in [-0.2, 0) is 4.74 Å². The third-order valence-electron chi connectivity index (χ3n) is 5.07. The van der Waals surface area contributed by atoms with Crippen LogP contribution in [0.15, 0.2) is 53.3 Å². The maximum absolute atomic E-state index is 13.0. The Hall–Kier alpha value is -2.75. The van der Waals surface area contributed by atoms with Gasteiger partial charge in [-0.1, -0.05) is 6.07 Å². The minimum absolute atomic E-state index is 0.0266. The van der Waals surface area contributed by atoms with E-state index >= 15 is 0 Å². The van der Waals surface area contributed by atoms with Crippen molar-refractivity contribution >= 4 is 39.9 Å². The Labute approximate surface area is 181 Å². The fourth-order valence-corrected chi connectivity index (χ4v) is 4.75. The van der Waals surface area contributed by atoms with Gasteiger partial charge in [0.2, 0.25) is 5.95 Å². The van der Waals surface area contributed by atoms with Crippen LogP contribution in [0.25, 0.3) is 27.4 Å². The van der Waals surface area contributed by atoms with Crippen LogP contribution < -0.4 is 0 Å². The molecule has 1 aliphatic heterocycles. The maximum Gasteiger partial charge on any atom is 0.254 e. The molecule has 4 aromatic rings. The van der Waals surface area contributed by atoms with Crippen LogP contribution in [0.2, 0.25) is 0 Å². The van der Waals surface area contributed by atoms with Gasteiger partial charge >= 0.3 is 0 Å². The lowest BCUT2D eigenvalue weighted by Gasteiger charge is -2.26. The standard InChI is InChI=1S/C21H19N5O2S2/c1-29-18-13-26(21-23-11-15(12-24-21)19-22-4-9-30-19)17-10-14(2-3-16(17)18)20(27)25-5-7-28-8-6-25/h2-4,9-13H,5-8H2,1H3. The molecule has 1 aromatic carbocycles. The van der Waals surface area contributed by atoms with Crippen LogP contribution in [0.3, 0.4) is 0 Å². The predicted molar refractivity (Wildman–Crippen MR) is 118 cm³/mol. The Morgan fingerprint density at radius 1 is 1.17 bits per heavy atom. The molecule has 0 N–H and O–H groups in total. The number of carbonyl (C=O) groups excluding carboxylic acids is 1. The molecule has 1 amide bonds. The number of carbonyl (C=O) groups is 1. The van der Waals surface area contributed by atoms with Gasteiger partial charge in [0.25, 0.3) is 5.91 Å². The highest BCUT2D eigenvalue weighted by atomic mass is 32.2. The first-order valence-corrected chi connectivity index (χ1v) is 11.6. The monoisotopic (exact) mass is 437 g/mol. The summed E-state index contributed by atoms with van der Waals surface area (Å²) in [6.45, 7) is 2.41. The first-order valence-electron chi connectivity index (χ1n) is 9.53. The van der Waals surface area contributed by atoms with Crippen LogP contribution >= 0.6 is 23.1 Å². The molecule has 0 bridgehead atoms. The summed E-state index contributed by atoms with van der Waals surface area (Å²) in [6.07, 6.45) is 9.41. The molecule has 0 radical (unpaired) electrons. The van der Waals surface area contributed by atoms with Gasteiger partial charge in [0.1, 0.15) is 5.01 Å². The molecule has 1 fully saturated rings. The number of hydrogen-bond acceptors (Lipinski definition) is 7. The van der Waals surface area contributed by atoms with Crippen molar-refractivity contribution in [1.82, 2.24) is 24.4 Å². The molecule has 1 aliphatic rings. The van der Waals surface area contributed by atoms with Gasteiger partial charge in [-0.2, -0.15) is 0 Å². The van der Waals surface area contributed by atoms with E-state index in [1.165, 1.54) is 0 Å². The van der Waals surface area contributed by atoms with Gasteiger partial charge in [-0.3, -0.25) is 9.36 Å². The number of thiazole rings is 1. The zero-order valence-corrected chi connectivity index (χ0v) is 17.9. The summed E-state index contributed by atoms with van der Waals surface area (Å²) in [5, 5.41) is 3.90. The molecule has 0 spiro atoms. The summed E-state index contributed by atoms with van der Waals surface area (Å²) in [7, 11) is 0. The molecule has 4 heterocycles. The molecule has 0 atom stereocenters. The molecule has 1 saturated heterocycles. The average molecular weight is 438 g/mol. The predicted octanol–water partition coefficient (Wildman–Crippen LogP) is 3.74. The fourth-order valence-electron chi connectivity index (χ4n) is 3.53. The van der Waals surface area contributed by atoms with Crippen LogP contribution in [0.4, 0.5) is 0 Å². The van der Waals surface area contributed by atoms with E-state index in [-0.39, 0.29) is 5.91 Å². The number of aromatic nitrogens is 4. The van der Waals surface area contributed by atoms with Crippen molar-refractivity contribution in [2.45, 2.75) is 4.90 Å². The number of rotatable bonds is 4. The van der Waals surface area contributed by atoms with Crippen LogP contribution in [-0.4, -0.2) is 62.9 Å². The number of fused-ring (bicyclic) bond motifs is 1. The Bertz CT molecular complexity index is 1180. The SMILES string of the molecule is CSc1cn(-c2ncc(-c3nccs3)cn2)c2cc(C(=O)N3CCOCC3)ccc12. The number of ether oxygens (including phenoxy) is 1. The topological polar surface area (TPSA) is 73.1 Å². The lowest BCUT2D eigenvalue weighted by molar-refractivity contribution is 0.0303. The smallest absolute Gasteiger partial charge is 0.254 e. The minimum atomic E-state index is 0.0266. The molecular formula is C21H19N5O2S2. The lowest BCUT2D eigenvalue weighted by Crippen LogP contribution is -2.40. The molecule has 9 heteroatoms. The quantitative estimate of drug-likeness (QED) is 0.453. The second kappa shape index (κ2) is 8.17. The molecule has 0 saturated carbocycles. The van der Waals surface area contributed by atoms with E-state index < -0.39 is 0 Å². The van der Waals surface area contributed by atoms with Gasteiger partial charge in [-0.05, 0) is 18.4 Å². The Balaban J connectivity index is 1.55. The normalized spacial score (nSPS) is 14.4. The molecule has 3 aromatic heterocycles. The van der Waals surface area contributed by atoms with Gasteiger partial charge in [0, 0.05) is 64.7 Å². The molecule has 5 rings (SSSR count). The van der Waals surface area contributed by atoms with Crippen LogP contribution in [0.1, 0.15) is 10.4 Å². The van der Waals surface area contributed by atoms with Crippen molar-refractivity contribution in [2.24, 2.45) is 0 Å². The Morgan fingerprint density at radius 2 is 1.97 bits per heavy atom. The highest BCUT2D eigenvalue weighted by molar-refractivity contribution is 7.98. The number of benzene rings is 1. The first kappa shape index (κ1) is 19.2. The first-order chi connectivity index (χ1) is 14.7. The fraction of sp³-hybridized carbons (Fsp3) is 0.238. The van der Waals surface area contributed by atoms with Gasteiger partial charge in [-0.25, -0.2) is 15.0 Å². The molecular weight excluding hydrogens is 418 g/mol. The van der Waals surface area contributed by atoms with E-state index in [4.69, 9.17) is 4.74 Å². The second-order valence-electron chi connectivity index (χ2n) is 6.81. The van der Waals surface area contributed by atoms with E-state index in [2.05, 4.69) is 15.0 Å². The summed E-state index contributed by atoms with van der Waals surface area (Å²) >= 11 is 3.22. The molecule has 30 heavy (non-hydrogen) atoms. The van der Waals surface area contributed by atoms with Crippen molar-refractivity contribution in [1.29, 1.82) is 0 Å². The summed E-state index contributed by atoms with van der Waals surface area (Å²) in [5.41, 5.74) is 2.47. The van der Waals surface area contributed by atoms with Crippen molar-refractivity contribution in [3.8, 4) is 16.5 Å². The van der Waals surface area contributed by atoms with E-state index in [1.54, 1.807) is 41.7 Å². The van der Waals surface area contributed by atoms with Crippen molar-refractivity contribution in [2.75, 3.05) is 32.6 Å². The largest absolute Gasteiger partial charge is 0.378 e. The van der Waals surface area contributed by atoms with Crippen molar-refractivity contribution < 1.29 is 9.53 Å². The summed E-state index contributed by atoms with van der Waals surface area (Å²) < 4.78 is 7.31. The lowest BCUT2D eigenvalue weighted by atomic mass is 10.1. The van der Waals surface area contributed by atoms with Crippen molar-refractivity contribution in [3.63, 3.8) is 0 Å². The summed E-state index contributed by atoms with van der Waals surface area (Å²) in [6, 6.07) is 5.84. The van der Waals surface area contributed by atoms with Gasteiger partial charge in [0.15, 0.2) is 0 Å². The molecule has 7 nitrogen and oxygen atoms in total. The molecule has 152 valence electrons. The highest BCUT2D eigenvalue weighted by Gasteiger charge is 2.20. The van der Waals surface area contributed by atoms with E-state index in [0.717, 1.165) is 26.4 Å². The third kappa shape index (κ3) is 3.49. The Kier molecular flexibility index (Phi) is 5.24. The highest BCUT2D eigenvalue weighted by Crippen LogP contribution is 2.31. The van der Waals surface area contributed by atoms with Crippen LogP contribution in [0.5, 0.6) is 0 Å². The van der Waals surface area contributed by atoms with E-state index in [1.807, 2.05) is 45.5 Å². The third-order valence-corrected chi connectivity index (χ3v) is 6.65. The summed E-state index contributed by atoms with van der Waals surface area (Å²) in [5.74, 6) is 0.593. The molecule has 0 unspecified atom stereocenters. The maximum atomic E-state index is 13.0. The number of thioether (sulfide) groups is 1. The van der Waals surface area contributed by atoms with Crippen molar-refractivity contribution in [3.05, 3.63) is 53.9 Å². The van der Waals surface area contributed by atoms with Gasteiger partial charge in [0.05, 0.1) is 18.7 Å². The van der Waals surface area contributed by atoms with E-state index in [0.29, 0.717) is 37.8 Å². The van der Waals surface area contributed by atoms with Crippen LogP contribution in [0, 0.1) is 0 Å².